The lowest BCUT2D eigenvalue weighted by Gasteiger charge is -2.38. The molecule has 0 saturated heterocycles. The number of carbonyl (C=O) groups excluding carboxylic acids is 1. The van der Waals surface area contributed by atoms with Gasteiger partial charge in [0.1, 0.15) is 6.07 Å². The number of urea groups is 1. The van der Waals surface area contributed by atoms with Gasteiger partial charge in [-0.05, 0) is 31.0 Å². The van der Waals surface area contributed by atoms with Gasteiger partial charge in [0.15, 0.2) is 0 Å². The molecule has 6 nitrogen and oxygen atoms in total. The Balaban J connectivity index is 1.88. The highest BCUT2D eigenvalue weighted by atomic mass is 16.2. The van der Waals surface area contributed by atoms with Crippen LogP contribution in [-0.2, 0) is 5.54 Å². The molecule has 128 valence electrons. The lowest BCUT2D eigenvalue weighted by molar-refractivity contribution is 0.205. The molecule has 2 amide bonds. The van der Waals surface area contributed by atoms with Crippen LogP contribution < -0.4 is 10.2 Å². The Kier molecular flexibility index (Phi) is 4.94. The molecule has 0 aliphatic heterocycles. The molecule has 0 bridgehead atoms. The second-order valence-electron chi connectivity index (χ2n) is 6.34. The van der Waals surface area contributed by atoms with Crippen molar-refractivity contribution in [1.82, 2.24) is 15.3 Å². The maximum atomic E-state index is 12.9. The predicted molar refractivity (Wildman–Crippen MR) is 94.9 cm³/mol. The molecule has 0 radical (unpaired) electrons. The second-order valence-corrected chi connectivity index (χ2v) is 6.34. The third kappa shape index (κ3) is 3.61. The van der Waals surface area contributed by atoms with Gasteiger partial charge < -0.3 is 5.32 Å². The number of nitriles is 1. The average Bonchev–Trinajstić information content (AvgIpc) is 2.68. The van der Waals surface area contributed by atoms with Gasteiger partial charge in [-0.1, -0.05) is 37.5 Å². The largest absolute Gasteiger partial charge is 0.327 e. The van der Waals surface area contributed by atoms with E-state index >= 15 is 0 Å². The zero-order valence-electron chi connectivity index (χ0n) is 14.3. The molecular weight excluding hydrogens is 314 g/mol. The first kappa shape index (κ1) is 16.9. The first-order chi connectivity index (χ1) is 12.1. The van der Waals surface area contributed by atoms with Crippen LogP contribution in [0.3, 0.4) is 0 Å². The highest BCUT2D eigenvalue weighted by molar-refractivity contribution is 5.91. The Morgan fingerprint density at radius 2 is 1.92 bits per heavy atom. The average molecular weight is 335 g/mol. The number of hydrogen-bond acceptors (Lipinski definition) is 4. The third-order valence-electron chi connectivity index (χ3n) is 4.75. The number of amides is 2. The minimum absolute atomic E-state index is 0.133. The van der Waals surface area contributed by atoms with Crippen molar-refractivity contribution in [3.63, 3.8) is 0 Å². The minimum atomic E-state index is -0.549. The van der Waals surface area contributed by atoms with Gasteiger partial charge in [0.25, 0.3) is 0 Å². The molecule has 1 aromatic carbocycles. The van der Waals surface area contributed by atoms with Crippen molar-refractivity contribution in [3.05, 3.63) is 54.1 Å². The summed E-state index contributed by atoms with van der Waals surface area (Å²) in [5, 5.41) is 12.3. The molecule has 0 unspecified atom stereocenters. The first-order valence-corrected chi connectivity index (χ1v) is 8.49. The van der Waals surface area contributed by atoms with Crippen LogP contribution in [-0.4, -0.2) is 23.0 Å². The molecule has 6 heteroatoms. The molecule has 0 spiro atoms. The minimum Gasteiger partial charge on any atom is -0.327 e. The fourth-order valence-corrected chi connectivity index (χ4v) is 3.34. The van der Waals surface area contributed by atoms with Gasteiger partial charge in [-0.3, -0.25) is 4.90 Å². The van der Waals surface area contributed by atoms with Gasteiger partial charge in [-0.15, -0.1) is 0 Å². The Bertz CT molecular complexity index is 778. The molecule has 1 aliphatic carbocycles. The first-order valence-electron chi connectivity index (χ1n) is 8.49. The molecule has 3 rings (SSSR count). The summed E-state index contributed by atoms with van der Waals surface area (Å²) in [6.45, 7) is 0. The Hall–Kier alpha value is -2.94. The molecule has 2 aromatic rings. The fraction of sp³-hybridized carbons (Fsp3) is 0.368. The van der Waals surface area contributed by atoms with E-state index in [0.717, 1.165) is 37.8 Å². The molecular formula is C19H21N5O. The number of para-hydroxylation sites is 1. The van der Waals surface area contributed by atoms with Crippen LogP contribution in [0, 0.1) is 11.3 Å². The maximum absolute atomic E-state index is 12.9. The highest BCUT2D eigenvalue weighted by Crippen LogP contribution is 2.36. The van der Waals surface area contributed by atoms with Gasteiger partial charge in [-0.25, -0.2) is 14.8 Å². The van der Waals surface area contributed by atoms with Crippen LogP contribution in [0.5, 0.6) is 0 Å². The van der Waals surface area contributed by atoms with Crippen molar-refractivity contribution in [2.75, 3.05) is 11.9 Å². The van der Waals surface area contributed by atoms with Gasteiger partial charge in [0.2, 0.25) is 5.82 Å². The summed E-state index contributed by atoms with van der Waals surface area (Å²) in [7, 11) is 1.75. The molecule has 1 heterocycles. The van der Waals surface area contributed by atoms with Gasteiger partial charge >= 0.3 is 6.03 Å². The summed E-state index contributed by atoms with van der Waals surface area (Å²) in [6.07, 6.45) is 6.38. The number of aromatic nitrogens is 2. The Morgan fingerprint density at radius 3 is 2.60 bits per heavy atom. The molecule has 0 atom stereocenters. The lowest BCUT2D eigenvalue weighted by Crippen LogP contribution is -2.52. The van der Waals surface area contributed by atoms with E-state index in [9.17, 15) is 4.79 Å². The van der Waals surface area contributed by atoms with Gasteiger partial charge in [0, 0.05) is 18.9 Å². The van der Waals surface area contributed by atoms with Crippen molar-refractivity contribution in [3.8, 4) is 6.07 Å². The monoisotopic (exact) mass is 335 g/mol. The molecule has 1 aliphatic rings. The zero-order chi connectivity index (χ0) is 17.7. The quantitative estimate of drug-likeness (QED) is 0.932. The molecule has 1 N–H and O–H groups in total. The summed E-state index contributed by atoms with van der Waals surface area (Å²) in [5.41, 5.74) is 0.993. The number of anilines is 1. The maximum Gasteiger partial charge on any atom is 0.322 e. The Labute approximate surface area is 147 Å². The van der Waals surface area contributed by atoms with Crippen molar-refractivity contribution in [1.29, 1.82) is 5.26 Å². The van der Waals surface area contributed by atoms with E-state index in [1.807, 2.05) is 36.4 Å². The van der Waals surface area contributed by atoms with E-state index in [4.69, 9.17) is 5.26 Å². The normalized spacial score (nSPS) is 15.8. The van der Waals surface area contributed by atoms with Crippen molar-refractivity contribution in [2.24, 2.45) is 0 Å². The smallest absolute Gasteiger partial charge is 0.322 e. The number of nitrogens with one attached hydrogen (secondary N) is 1. The van der Waals surface area contributed by atoms with Crippen LogP contribution in [0.25, 0.3) is 0 Å². The summed E-state index contributed by atoms with van der Waals surface area (Å²) >= 11 is 0. The second kappa shape index (κ2) is 7.31. The number of hydrogen-bond donors (Lipinski definition) is 1. The molecule has 1 saturated carbocycles. The molecule has 1 fully saturated rings. The van der Waals surface area contributed by atoms with Crippen LogP contribution >= 0.6 is 0 Å². The van der Waals surface area contributed by atoms with Gasteiger partial charge in [0.05, 0.1) is 11.2 Å². The van der Waals surface area contributed by atoms with E-state index in [0.29, 0.717) is 5.69 Å². The summed E-state index contributed by atoms with van der Waals surface area (Å²) in [4.78, 5) is 22.8. The van der Waals surface area contributed by atoms with E-state index in [1.165, 1.54) is 0 Å². The van der Waals surface area contributed by atoms with Crippen molar-refractivity contribution >= 4 is 11.7 Å². The van der Waals surface area contributed by atoms with E-state index in [-0.39, 0.29) is 11.9 Å². The van der Waals surface area contributed by atoms with Crippen LogP contribution in [0.2, 0.25) is 0 Å². The number of benzene rings is 1. The zero-order valence-corrected chi connectivity index (χ0v) is 14.3. The lowest BCUT2D eigenvalue weighted by atomic mass is 9.79. The van der Waals surface area contributed by atoms with Crippen LogP contribution in [0.15, 0.2) is 42.6 Å². The van der Waals surface area contributed by atoms with E-state index in [2.05, 4.69) is 15.3 Å². The number of nitrogens with zero attached hydrogens (tertiary/aromatic N) is 4. The van der Waals surface area contributed by atoms with E-state index < -0.39 is 5.54 Å². The Morgan fingerprint density at radius 1 is 1.20 bits per heavy atom. The summed E-state index contributed by atoms with van der Waals surface area (Å²) < 4.78 is 0. The van der Waals surface area contributed by atoms with Crippen molar-refractivity contribution in [2.45, 2.75) is 37.6 Å². The van der Waals surface area contributed by atoms with Crippen LogP contribution in [0.4, 0.5) is 10.5 Å². The fourth-order valence-electron chi connectivity index (χ4n) is 3.34. The highest BCUT2D eigenvalue weighted by Gasteiger charge is 2.37. The summed E-state index contributed by atoms with van der Waals surface area (Å²) in [5.74, 6) is 0.133. The SMILES string of the molecule is CN(C(=O)NC1(c2ccnc(C#N)n2)CCCCC1)c1ccccc1. The topological polar surface area (TPSA) is 81.9 Å². The van der Waals surface area contributed by atoms with Crippen LogP contribution in [0.1, 0.15) is 43.6 Å². The predicted octanol–water partition coefficient (Wildman–Crippen LogP) is 3.35. The third-order valence-corrected chi connectivity index (χ3v) is 4.75. The van der Waals surface area contributed by atoms with Crippen molar-refractivity contribution < 1.29 is 4.79 Å². The van der Waals surface area contributed by atoms with E-state index in [1.54, 1.807) is 24.2 Å². The molecule has 25 heavy (non-hydrogen) atoms. The number of rotatable bonds is 3. The standard InChI is InChI=1S/C19H21N5O/c1-24(15-8-4-2-5-9-15)18(25)23-19(11-6-3-7-12-19)16-10-13-21-17(14-20)22-16/h2,4-5,8-10,13H,3,6-7,11-12H2,1H3,(H,23,25). The van der Waals surface area contributed by atoms with Gasteiger partial charge in [-0.2, -0.15) is 5.26 Å². The summed E-state index contributed by atoms with van der Waals surface area (Å²) in [6, 6.07) is 13.1. The number of carbonyl (C=O) groups is 1. The molecule has 1 aromatic heterocycles.